The fourth-order valence-electron chi connectivity index (χ4n) is 2.65. The molecule has 0 spiro atoms. The summed E-state index contributed by atoms with van der Waals surface area (Å²) in [7, 11) is 4.15. The third kappa shape index (κ3) is 5.67. The van der Waals surface area contributed by atoms with Crippen LogP contribution in [0, 0.1) is 0 Å². The van der Waals surface area contributed by atoms with E-state index in [0.717, 1.165) is 42.3 Å². The van der Waals surface area contributed by atoms with Gasteiger partial charge in [-0.3, -0.25) is 0 Å². The van der Waals surface area contributed by atoms with Gasteiger partial charge in [0.1, 0.15) is 5.82 Å². The highest BCUT2D eigenvalue weighted by molar-refractivity contribution is 6.33. The predicted molar refractivity (Wildman–Crippen MR) is 114 cm³/mol. The second-order valence-corrected chi connectivity index (χ2v) is 6.92. The lowest BCUT2D eigenvalue weighted by Crippen LogP contribution is -2.16. The van der Waals surface area contributed by atoms with Crippen LogP contribution in [0.3, 0.4) is 0 Å². The highest BCUT2D eigenvalue weighted by Crippen LogP contribution is 2.26. The molecule has 2 N–H and O–H groups in total. The van der Waals surface area contributed by atoms with Crippen LogP contribution in [0.1, 0.15) is 6.42 Å². The molecule has 1 aromatic heterocycles. The van der Waals surface area contributed by atoms with Crippen LogP contribution in [-0.2, 0) is 0 Å². The fourth-order valence-corrected chi connectivity index (χ4v) is 2.83. The van der Waals surface area contributed by atoms with E-state index in [1.807, 2.05) is 60.7 Å². The number of benzene rings is 2. The number of nitrogens with zero attached hydrogens (tertiary/aromatic N) is 3. The molecule has 2 aromatic carbocycles. The van der Waals surface area contributed by atoms with Crippen LogP contribution in [0.4, 0.5) is 17.5 Å². The minimum absolute atomic E-state index is 0.513. The van der Waals surface area contributed by atoms with Gasteiger partial charge in [0.2, 0.25) is 5.95 Å². The third-order valence-electron chi connectivity index (χ3n) is 4.00. The summed E-state index contributed by atoms with van der Waals surface area (Å²) in [6.07, 6.45) is 1.03. The van der Waals surface area contributed by atoms with E-state index >= 15 is 0 Å². The van der Waals surface area contributed by atoms with Crippen LogP contribution < -0.4 is 10.6 Å². The molecule has 0 saturated carbocycles. The van der Waals surface area contributed by atoms with Gasteiger partial charge < -0.3 is 15.5 Å². The lowest BCUT2D eigenvalue weighted by atomic mass is 10.1. The van der Waals surface area contributed by atoms with Gasteiger partial charge in [-0.05, 0) is 39.2 Å². The maximum absolute atomic E-state index is 6.26. The first-order valence-corrected chi connectivity index (χ1v) is 9.34. The third-order valence-corrected chi connectivity index (χ3v) is 4.33. The topological polar surface area (TPSA) is 53.1 Å². The summed E-state index contributed by atoms with van der Waals surface area (Å²) in [6.45, 7) is 1.86. The first-order chi connectivity index (χ1) is 13.1. The second-order valence-electron chi connectivity index (χ2n) is 6.52. The minimum Gasteiger partial charge on any atom is -0.370 e. The standard InChI is InChI=1S/C21H24ClN5/c1-27(2)14-8-13-23-20-15-19(16-9-4-3-5-10-16)25-21(26-20)24-18-12-7-6-11-17(18)22/h3-7,9-12,15H,8,13-14H2,1-2H3,(H2,23,24,25,26). The second kappa shape index (κ2) is 9.35. The van der Waals surface area contributed by atoms with Crippen molar-refractivity contribution in [2.24, 2.45) is 0 Å². The molecule has 3 aromatic rings. The minimum atomic E-state index is 0.513. The molecule has 140 valence electrons. The van der Waals surface area contributed by atoms with Gasteiger partial charge in [0, 0.05) is 18.2 Å². The number of rotatable bonds is 8. The molecule has 0 unspecified atom stereocenters. The largest absolute Gasteiger partial charge is 0.370 e. The Balaban J connectivity index is 1.85. The predicted octanol–water partition coefficient (Wildman–Crippen LogP) is 4.90. The van der Waals surface area contributed by atoms with Crippen LogP contribution in [0.5, 0.6) is 0 Å². The summed E-state index contributed by atoms with van der Waals surface area (Å²) in [4.78, 5) is 11.4. The SMILES string of the molecule is CN(C)CCCNc1cc(-c2ccccc2)nc(Nc2ccccc2Cl)n1. The Kier molecular flexibility index (Phi) is 6.63. The zero-order valence-corrected chi connectivity index (χ0v) is 16.4. The average molecular weight is 382 g/mol. The number of para-hydroxylation sites is 1. The number of hydrogen-bond donors (Lipinski definition) is 2. The van der Waals surface area contributed by atoms with Crippen molar-refractivity contribution < 1.29 is 0 Å². The van der Waals surface area contributed by atoms with Crippen molar-refractivity contribution >= 4 is 29.1 Å². The van der Waals surface area contributed by atoms with Crippen LogP contribution >= 0.6 is 11.6 Å². The highest BCUT2D eigenvalue weighted by Gasteiger charge is 2.08. The Morgan fingerprint density at radius 3 is 2.44 bits per heavy atom. The first kappa shape index (κ1) is 19.1. The molecule has 0 aliphatic carbocycles. The number of nitrogens with one attached hydrogen (secondary N) is 2. The zero-order chi connectivity index (χ0) is 19.1. The Hall–Kier alpha value is -2.63. The van der Waals surface area contributed by atoms with E-state index in [0.29, 0.717) is 11.0 Å². The molecule has 0 saturated heterocycles. The summed E-state index contributed by atoms with van der Waals surface area (Å²) in [5.41, 5.74) is 2.68. The average Bonchev–Trinajstić information content (AvgIpc) is 2.67. The van der Waals surface area contributed by atoms with Gasteiger partial charge in [0.25, 0.3) is 0 Å². The van der Waals surface area contributed by atoms with Crippen molar-refractivity contribution in [2.45, 2.75) is 6.42 Å². The van der Waals surface area contributed by atoms with E-state index in [2.05, 4.69) is 39.6 Å². The van der Waals surface area contributed by atoms with Gasteiger partial charge in [-0.25, -0.2) is 4.98 Å². The Labute approximate surface area is 165 Å². The van der Waals surface area contributed by atoms with Crippen molar-refractivity contribution in [2.75, 3.05) is 37.8 Å². The van der Waals surface area contributed by atoms with Crippen molar-refractivity contribution in [3.05, 3.63) is 65.7 Å². The van der Waals surface area contributed by atoms with Crippen LogP contribution in [-0.4, -0.2) is 42.1 Å². The van der Waals surface area contributed by atoms with E-state index in [4.69, 9.17) is 11.6 Å². The molecule has 0 fully saturated rings. The van der Waals surface area contributed by atoms with Crippen molar-refractivity contribution in [1.29, 1.82) is 0 Å². The summed E-state index contributed by atoms with van der Waals surface area (Å²) < 4.78 is 0. The maximum atomic E-state index is 6.26. The molecule has 0 aliphatic heterocycles. The van der Waals surface area contributed by atoms with Crippen LogP contribution in [0.25, 0.3) is 11.3 Å². The van der Waals surface area contributed by atoms with Crippen molar-refractivity contribution in [3.8, 4) is 11.3 Å². The van der Waals surface area contributed by atoms with E-state index in [9.17, 15) is 0 Å². The highest BCUT2D eigenvalue weighted by atomic mass is 35.5. The van der Waals surface area contributed by atoms with E-state index < -0.39 is 0 Å². The number of hydrogen-bond acceptors (Lipinski definition) is 5. The normalized spacial score (nSPS) is 10.8. The Morgan fingerprint density at radius 2 is 1.70 bits per heavy atom. The molecule has 0 atom stereocenters. The van der Waals surface area contributed by atoms with Crippen LogP contribution in [0.15, 0.2) is 60.7 Å². The van der Waals surface area contributed by atoms with E-state index in [-0.39, 0.29) is 0 Å². The fraction of sp³-hybridized carbons (Fsp3) is 0.238. The number of anilines is 3. The lowest BCUT2D eigenvalue weighted by Gasteiger charge is -2.13. The smallest absolute Gasteiger partial charge is 0.229 e. The van der Waals surface area contributed by atoms with E-state index in [1.165, 1.54) is 0 Å². The van der Waals surface area contributed by atoms with Crippen LogP contribution in [0.2, 0.25) is 5.02 Å². The number of aromatic nitrogens is 2. The van der Waals surface area contributed by atoms with Gasteiger partial charge in [0.05, 0.1) is 16.4 Å². The molecule has 5 nitrogen and oxygen atoms in total. The molecular weight excluding hydrogens is 358 g/mol. The number of halogens is 1. The molecule has 0 amide bonds. The maximum Gasteiger partial charge on any atom is 0.229 e. The molecule has 0 radical (unpaired) electrons. The summed E-state index contributed by atoms with van der Waals surface area (Å²) in [6, 6.07) is 19.6. The van der Waals surface area contributed by atoms with E-state index in [1.54, 1.807) is 0 Å². The Bertz CT molecular complexity index is 867. The lowest BCUT2D eigenvalue weighted by molar-refractivity contribution is 0.405. The van der Waals surface area contributed by atoms with Gasteiger partial charge in [0.15, 0.2) is 0 Å². The van der Waals surface area contributed by atoms with Crippen molar-refractivity contribution in [1.82, 2.24) is 14.9 Å². The summed E-state index contributed by atoms with van der Waals surface area (Å²) >= 11 is 6.26. The molecular formula is C21H24ClN5. The molecule has 0 aliphatic rings. The molecule has 27 heavy (non-hydrogen) atoms. The summed E-state index contributed by atoms with van der Waals surface area (Å²) in [5, 5.41) is 7.26. The molecule has 6 heteroatoms. The summed E-state index contributed by atoms with van der Waals surface area (Å²) in [5.74, 6) is 1.30. The van der Waals surface area contributed by atoms with Gasteiger partial charge >= 0.3 is 0 Å². The quantitative estimate of drug-likeness (QED) is 0.543. The molecule has 1 heterocycles. The van der Waals surface area contributed by atoms with Crippen molar-refractivity contribution in [3.63, 3.8) is 0 Å². The zero-order valence-electron chi connectivity index (χ0n) is 15.6. The van der Waals surface area contributed by atoms with Gasteiger partial charge in [-0.1, -0.05) is 54.1 Å². The monoisotopic (exact) mass is 381 g/mol. The molecule has 3 rings (SSSR count). The first-order valence-electron chi connectivity index (χ1n) is 8.96. The molecule has 0 bridgehead atoms. The van der Waals surface area contributed by atoms with Gasteiger partial charge in [-0.15, -0.1) is 0 Å². The Morgan fingerprint density at radius 1 is 0.963 bits per heavy atom. The van der Waals surface area contributed by atoms with Gasteiger partial charge in [-0.2, -0.15) is 4.98 Å².